The lowest BCUT2D eigenvalue weighted by molar-refractivity contribution is 0.155. The Hall–Kier alpha value is -0.600. The molecule has 0 aromatic carbocycles. The van der Waals surface area contributed by atoms with Crippen LogP contribution < -0.4 is 0 Å². The second kappa shape index (κ2) is 6.97. The van der Waals surface area contributed by atoms with Gasteiger partial charge in [-0.15, -0.1) is 0 Å². The van der Waals surface area contributed by atoms with Gasteiger partial charge < -0.3 is 20.2 Å². The molecule has 0 unspecified atom stereocenters. The number of nitrogens with zero attached hydrogens (tertiary/aromatic N) is 1. The highest BCUT2D eigenvalue weighted by atomic mass is 32.1. The Labute approximate surface area is 110 Å². The fourth-order valence-corrected chi connectivity index (χ4v) is 2.23. The largest absolute Gasteiger partial charge is 0.395 e. The highest BCUT2D eigenvalue weighted by molar-refractivity contribution is 7.72. The first-order chi connectivity index (χ1) is 8.08. The number of aromatic amines is 2. The minimum absolute atomic E-state index is 0.0539. The van der Waals surface area contributed by atoms with E-state index in [4.69, 9.17) is 34.6 Å². The maximum Gasteiger partial charge on any atom is 0.175 e. The molecule has 0 spiro atoms. The standard InChI is InChI=1S/C10H17N3O2S2/c1-7-8(9(16)12-10(17)11-7)6-13(2-4-14)3-5-15/h14-15H,2-6H2,1H3,(H2,11,12,16,17). The van der Waals surface area contributed by atoms with Crippen molar-refractivity contribution < 1.29 is 10.2 Å². The molecule has 0 aliphatic heterocycles. The quantitative estimate of drug-likeness (QED) is 0.580. The molecule has 0 atom stereocenters. The predicted molar refractivity (Wildman–Crippen MR) is 71.0 cm³/mol. The number of hydrogen-bond acceptors (Lipinski definition) is 5. The molecule has 0 saturated heterocycles. The normalized spacial score (nSPS) is 11.1. The van der Waals surface area contributed by atoms with Crippen molar-refractivity contribution in [2.75, 3.05) is 26.3 Å². The van der Waals surface area contributed by atoms with Gasteiger partial charge in [0.15, 0.2) is 4.77 Å². The summed E-state index contributed by atoms with van der Waals surface area (Å²) < 4.78 is 1.11. The van der Waals surface area contributed by atoms with Crippen LogP contribution in [0, 0.1) is 16.3 Å². The Morgan fingerprint density at radius 1 is 1.12 bits per heavy atom. The van der Waals surface area contributed by atoms with E-state index in [1.165, 1.54) is 0 Å². The fourth-order valence-electron chi connectivity index (χ4n) is 1.59. The van der Waals surface area contributed by atoms with E-state index in [1.54, 1.807) is 0 Å². The fraction of sp³-hybridized carbons (Fsp3) is 0.600. The molecule has 1 heterocycles. The van der Waals surface area contributed by atoms with Gasteiger partial charge in [0.25, 0.3) is 0 Å². The van der Waals surface area contributed by atoms with Crippen LogP contribution in [0.1, 0.15) is 11.3 Å². The number of aromatic nitrogens is 2. The van der Waals surface area contributed by atoms with Crippen molar-refractivity contribution in [3.8, 4) is 0 Å². The number of nitrogens with one attached hydrogen (secondary N) is 2. The van der Waals surface area contributed by atoms with Gasteiger partial charge >= 0.3 is 0 Å². The Morgan fingerprint density at radius 2 is 1.71 bits per heavy atom. The average molecular weight is 275 g/mol. The van der Waals surface area contributed by atoms with Crippen LogP contribution in [0.3, 0.4) is 0 Å². The molecule has 0 fully saturated rings. The van der Waals surface area contributed by atoms with E-state index >= 15 is 0 Å². The first kappa shape index (κ1) is 14.5. The number of aliphatic hydroxyl groups is 2. The van der Waals surface area contributed by atoms with Crippen molar-refractivity contribution in [3.63, 3.8) is 0 Å². The summed E-state index contributed by atoms with van der Waals surface area (Å²) in [6, 6.07) is 0. The molecule has 7 heteroatoms. The third kappa shape index (κ3) is 4.29. The molecule has 0 radical (unpaired) electrons. The molecule has 0 aliphatic rings. The summed E-state index contributed by atoms with van der Waals surface area (Å²) in [6.45, 7) is 3.60. The van der Waals surface area contributed by atoms with Crippen LogP contribution in [0.25, 0.3) is 0 Å². The summed E-state index contributed by atoms with van der Waals surface area (Å²) in [6.07, 6.45) is 0. The zero-order chi connectivity index (χ0) is 12.8. The zero-order valence-corrected chi connectivity index (χ0v) is 11.3. The zero-order valence-electron chi connectivity index (χ0n) is 9.69. The first-order valence-corrected chi connectivity index (χ1v) is 6.16. The van der Waals surface area contributed by atoms with Crippen LogP contribution in [0.4, 0.5) is 0 Å². The summed E-state index contributed by atoms with van der Waals surface area (Å²) in [5, 5.41) is 17.9. The molecule has 0 saturated carbocycles. The number of rotatable bonds is 6. The lowest BCUT2D eigenvalue weighted by Gasteiger charge is -2.20. The van der Waals surface area contributed by atoms with E-state index < -0.39 is 0 Å². The summed E-state index contributed by atoms with van der Waals surface area (Å²) in [5.74, 6) is 0. The molecule has 0 amide bonds. The second-order valence-corrected chi connectivity index (χ2v) is 4.55. The molecule has 1 aromatic heterocycles. The predicted octanol–water partition coefficient (Wildman–Crippen LogP) is 0.897. The summed E-state index contributed by atoms with van der Waals surface area (Å²) in [5.41, 5.74) is 1.86. The topological polar surface area (TPSA) is 75.3 Å². The van der Waals surface area contributed by atoms with Crippen LogP contribution in [0.2, 0.25) is 0 Å². The molecular formula is C10H17N3O2S2. The lowest BCUT2D eigenvalue weighted by atomic mass is 10.2. The van der Waals surface area contributed by atoms with Crippen molar-refractivity contribution in [1.29, 1.82) is 0 Å². The van der Waals surface area contributed by atoms with Gasteiger partial charge in [-0.3, -0.25) is 4.90 Å². The SMILES string of the molecule is Cc1[nH]c(=S)[nH]c(=S)c1CN(CCO)CCO. The van der Waals surface area contributed by atoms with Crippen molar-refractivity contribution in [1.82, 2.24) is 14.9 Å². The molecule has 96 valence electrons. The molecule has 5 nitrogen and oxygen atoms in total. The smallest absolute Gasteiger partial charge is 0.175 e. The van der Waals surface area contributed by atoms with Crippen LogP contribution in [0.15, 0.2) is 0 Å². The number of aliphatic hydroxyl groups excluding tert-OH is 2. The maximum atomic E-state index is 8.94. The molecular weight excluding hydrogens is 258 g/mol. The van der Waals surface area contributed by atoms with E-state index in [0.717, 1.165) is 11.3 Å². The highest BCUT2D eigenvalue weighted by Gasteiger charge is 2.09. The first-order valence-electron chi connectivity index (χ1n) is 5.34. The minimum Gasteiger partial charge on any atom is -0.395 e. The lowest BCUT2D eigenvalue weighted by Crippen LogP contribution is -2.30. The monoisotopic (exact) mass is 275 g/mol. The van der Waals surface area contributed by atoms with Crippen molar-refractivity contribution in [2.45, 2.75) is 13.5 Å². The van der Waals surface area contributed by atoms with E-state index in [1.807, 2.05) is 11.8 Å². The second-order valence-electron chi connectivity index (χ2n) is 3.74. The van der Waals surface area contributed by atoms with E-state index in [9.17, 15) is 0 Å². The van der Waals surface area contributed by atoms with Crippen LogP contribution in [-0.4, -0.2) is 51.4 Å². The van der Waals surface area contributed by atoms with Crippen molar-refractivity contribution in [3.05, 3.63) is 20.7 Å². The third-order valence-corrected chi connectivity index (χ3v) is 3.02. The summed E-state index contributed by atoms with van der Waals surface area (Å²) in [7, 11) is 0. The number of hydrogen-bond donors (Lipinski definition) is 4. The third-order valence-electron chi connectivity index (χ3n) is 2.47. The molecule has 4 N–H and O–H groups in total. The Balaban J connectivity index is 2.92. The number of aryl methyl sites for hydroxylation is 1. The Morgan fingerprint density at radius 3 is 2.18 bits per heavy atom. The maximum absolute atomic E-state index is 8.94. The van der Waals surface area contributed by atoms with E-state index in [-0.39, 0.29) is 13.2 Å². The van der Waals surface area contributed by atoms with Gasteiger partial charge in [-0.25, -0.2) is 0 Å². The summed E-state index contributed by atoms with van der Waals surface area (Å²) in [4.78, 5) is 7.84. The van der Waals surface area contributed by atoms with Gasteiger partial charge in [0.1, 0.15) is 4.64 Å². The van der Waals surface area contributed by atoms with Gasteiger partial charge in [-0.2, -0.15) is 0 Å². The van der Waals surface area contributed by atoms with Crippen LogP contribution in [-0.2, 0) is 6.54 Å². The van der Waals surface area contributed by atoms with Gasteiger partial charge in [0.05, 0.1) is 13.2 Å². The molecule has 0 aliphatic carbocycles. The minimum atomic E-state index is 0.0539. The van der Waals surface area contributed by atoms with Crippen LogP contribution in [0.5, 0.6) is 0 Å². The van der Waals surface area contributed by atoms with Gasteiger partial charge in [0.2, 0.25) is 0 Å². The van der Waals surface area contributed by atoms with Gasteiger partial charge in [0, 0.05) is 30.9 Å². The van der Waals surface area contributed by atoms with Gasteiger partial charge in [-0.1, -0.05) is 12.2 Å². The van der Waals surface area contributed by atoms with Crippen LogP contribution >= 0.6 is 24.4 Å². The molecule has 17 heavy (non-hydrogen) atoms. The Bertz CT molecular complexity index is 463. The molecule has 1 rings (SSSR count). The van der Waals surface area contributed by atoms with Gasteiger partial charge in [-0.05, 0) is 19.1 Å². The number of H-pyrrole nitrogens is 2. The summed E-state index contributed by atoms with van der Waals surface area (Å²) >= 11 is 10.2. The average Bonchev–Trinajstić information content (AvgIpc) is 2.23. The molecule has 1 aromatic rings. The van der Waals surface area contributed by atoms with Crippen molar-refractivity contribution >= 4 is 24.4 Å². The molecule has 0 bridgehead atoms. The van der Waals surface area contributed by atoms with Crippen molar-refractivity contribution in [2.24, 2.45) is 0 Å². The highest BCUT2D eigenvalue weighted by Crippen LogP contribution is 2.09. The Kier molecular flexibility index (Phi) is 5.93. The van der Waals surface area contributed by atoms with E-state index in [0.29, 0.717) is 29.0 Å². The van der Waals surface area contributed by atoms with E-state index in [2.05, 4.69) is 9.97 Å².